The zero-order valence-electron chi connectivity index (χ0n) is 12.9. The first-order valence-electron chi connectivity index (χ1n) is 6.54. The number of allylic oxidation sites excluding steroid dienone is 1. The monoisotopic (exact) mass is 378 g/mol. The zero-order chi connectivity index (χ0) is 18.6. The highest BCUT2D eigenvalue weighted by atomic mass is 35.5. The van der Waals surface area contributed by atoms with E-state index in [-0.39, 0.29) is 12.3 Å². The van der Waals surface area contributed by atoms with Gasteiger partial charge >= 0.3 is 11.7 Å². The fraction of sp³-hybridized carbons (Fsp3) is 0.286. The van der Waals surface area contributed by atoms with E-state index in [9.17, 15) is 24.1 Å². The number of anilines is 1. The highest BCUT2D eigenvalue weighted by Crippen LogP contribution is 2.43. The van der Waals surface area contributed by atoms with E-state index in [4.69, 9.17) is 23.2 Å². The van der Waals surface area contributed by atoms with Crippen LogP contribution in [0.2, 0.25) is 10.0 Å². The molecule has 0 aliphatic heterocycles. The maximum absolute atomic E-state index is 14.4. The number of nitrogens with zero attached hydrogens (tertiary/aromatic N) is 2. The Bertz CT molecular complexity index is 735. The summed E-state index contributed by atoms with van der Waals surface area (Å²) in [4.78, 5) is 34.8. The van der Waals surface area contributed by atoms with Gasteiger partial charge in [0.2, 0.25) is 0 Å². The number of hydrogen-bond acceptors (Lipinski definition) is 6. The smallest absolute Gasteiger partial charge is 0.330 e. The molecule has 0 amide bonds. The molecule has 24 heavy (non-hydrogen) atoms. The van der Waals surface area contributed by atoms with Gasteiger partial charge in [-0.25, -0.2) is 9.18 Å². The summed E-state index contributed by atoms with van der Waals surface area (Å²) in [5.41, 5.74) is -1.72. The number of carbonyl (C=O) groups is 2. The fourth-order valence-corrected chi connectivity index (χ4v) is 2.51. The Morgan fingerprint density at radius 1 is 1.29 bits per heavy atom. The van der Waals surface area contributed by atoms with Crippen molar-refractivity contribution in [3.05, 3.63) is 43.7 Å². The average Bonchev–Trinajstić information content (AvgIpc) is 2.47. The van der Waals surface area contributed by atoms with Gasteiger partial charge in [-0.2, -0.15) is 0 Å². The molecule has 0 radical (unpaired) electrons. The number of ether oxygens (including phenoxy) is 1. The second-order valence-electron chi connectivity index (χ2n) is 4.62. The van der Waals surface area contributed by atoms with Crippen molar-refractivity contribution in [3.8, 4) is 0 Å². The van der Waals surface area contributed by atoms with Gasteiger partial charge in [0, 0.05) is 20.2 Å². The number of rotatable bonds is 6. The summed E-state index contributed by atoms with van der Waals surface area (Å²) in [5.74, 6) is -2.86. The molecule has 0 spiro atoms. The van der Waals surface area contributed by atoms with Gasteiger partial charge in [-0.1, -0.05) is 23.2 Å². The maximum atomic E-state index is 14.4. The Kier molecular flexibility index (Phi) is 6.68. The van der Waals surface area contributed by atoms with Crippen molar-refractivity contribution in [2.45, 2.75) is 6.92 Å². The summed E-state index contributed by atoms with van der Waals surface area (Å²) in [6.07, 6.45) is 1.61. The van der Waals surface area contributed by atoms with Gasteiger partial charge in [-0.3, -0.25) is 14.9 Å². The standard InChI is InChI=1S/C14H13Cl2FN2O5/c1-4-24-8(21)6-5-7(20)9-10(15)14(19(22)23)11(16)12(17)13(9)18(2)3/h5-6H,4H2,1-3H3/b6-5+. The van der Waals surface area contributed by atoms with E-state index in [1.54, 1.807) is 6.92 Å². The summed E-state index contributed by atoms with van der Waals surface area (Å²) in [6.45, 7) is 1.68. The van der Waals surface area contributed by atoms with Crippen LogP contribution in [0.3, 0.4) is 0 Å². The molecular weight excluding hydrogens is 366 g/mol. The lowest BCUT2D eigenvalue weighted by Crippen LogP contribution is -2.17. The third kappa shape index (κ3) is 4.01. The highest BCUT2D eigenvalue weighted by molar-refractivity contribution is 6.41. The van der Waals surface area contributed by atoms with Crippen LogP contribution < -0.4 is 4.90 Å². The molecule has 10 heteroatoms. The molecule has 1 rings (SSSR count). The Labute approximate surface area is 146 Å². The van der Waals surface area contributed by atoms with Gasteiger partial charge in [0.05, 0.1) is 22.8 Å². The van der Waals surface area contributed by atoms with Gasteiger partial charge in [0.1, 0.15) is 5.02 Å². The van der Waals surface area contributed by atoms with Crippen molar-refractivity contribution in [1.82, 2.24) is 0 Å². The topological polar surface area (TPSA) is 89.8 Å². The molecule has 7 nitrogen and oxygen atoms in total. The molecule has 0 unspecified atom stereocenters. The Morgan fingerprint density at radius 2 is 1.88 bits per heavy atom. The fourth-order valence-electron chi connectivity index (χ4n) is 1.86. The van der Waals surface area contributed by atoms with Crippen LogP contribution in [0.1, 0.15) is 17.3 Å². The molecule has 0 saturated heterocycles. The van der Waals surface area contributed by atoms with E-state index in [2.05, 4.69) is 4.74 Å². The molecule has 130 valence electrons. The molecule has 1 aromatic rings. The van der Waals surface area contributed by atoms with Gasteiger partial charge in [0.25, 0.3) is 0 Å². The lowest BCUT2D eigenvalue weighted by molar-refractivity contribution is -0.384. The minimum atomic E-state index is -1.16. The summed E-state index contributed by atoms with van der Waals surface area (Å²) in [7, 11) is 2.81. The molecule has 0 aliphatic rings. The first-order chi connectivity index (χ1) is 11.1. The number of carbonyl (C=O) groups excluding carboxylic acids is 2. The van der Waals surface area contributed by atoms with E-state index in [1.807, 2.05) is 0 Å². The van der Waals surface area contributed by atoms with Crippen LogP contribution >= 0.6 is 23.2 Å². The Balaban J connectivity index is 3.58. The molecule has 0 aliphatic carbocycles. The van der Waals surface area contributed by atoms with Crippen LogP contribution in [0, 0.1) is 15.9 Å². The molecule has 0 aromatic heterocycles. The van der Waals surface area contributed by atoms with E-state index < -0.39 is 43.8 Å². The van der Waals surface area contributed by atoms with Crippen LogP contribution in [0.15, 0.2) is 12.2 Å². The number of benzene rings is 1. The molecule has 0 atom stereocenters. The van der Waals surface area contributed by atoms with E-state index >= 15 is 0 Å². The van der Waals surface area contributed by atoms with E-state index in [1.165, 1.54) is 19.0 Å². The summed E-state index contributed by atoms with van der Waals surface area (Å²) in [6, 6.07) is 0. The number of nitro groups is 1. The first kappa shape index (κ1) is 19.9. The number of hydrogen-bond donors (Lipinski definition) is 0. The normalized spacial score (nSPS) is 10.8. The lowest BCUT2D eigenvalue weighted by atomic mass is 10.0. The van der Waals surface area contributed by atoms with Crippen LogP contribution in [-0.4, -0.2) is 37.4 Å². The average molecular weight is 379 g/mol. The van der Waals surface area contributed by atoms with Crippen molar-refractivity contribution in [3.63, 3.8) is 0 Å². The van der Waals surface area contributed by atoms with Gasteiger partial charge in [-0.05, 0) is 13.0 Å². The second kappa shape index (κ2) is 8.07. The molecule has 0 saturated carbocycles. The molecule has 1 aromatic carbocycles. The third-order valence-corrected chi connectivity index (χ3v) is 3.52. The van der Waals surface area contributed by atoms with Crippen molar-refractivity contribution >= 4 is 46.3 Å². The van der Waals surface area contributed by atoms with Crippen molar-refractivity contribution < 1.29 is 23.6 Å². The lowest BCUT2D eigenvalue weighted by Gasteiger charge is -2.19. The molecule has 0 bridgehead atoms. The van der Waals surface area contributed by atoms with Gasteiger partial charge < -0.3 is 9.64 Å². The van der Waals surface area contributed by atoms with Gasteiger partial charge in [-0.15, -0.1) is 0 Å². The van der Waals surface area contributed by atoms with E-state index in [0.717, 1.165) is 12.2 Å². The first-order valence-corrected chi connectivity index (χ1v) is 7.30. The quantitative estimate of drug-likeness (QED) is 0.188. The van der Waals surface area contributed by atoms with Gasteiger partial charge in [0.15, 0.2) is 16.6 Å². The summed E-state index contributed by atoms with van der Waals surface area (Å²) >= 11 is 11.6. The second-order valence-corrected chi connectivity index (χ2v) is 5.37. The number of esters is 1. The SMILES string of the molecule is CCOC(=O)/C=C/C(=O)c1c(Cl)c([N+](=O)[O-])c(Cl)c(F)c1N(C)C. The van der Waals surface area contributed by atoms with Crippen LogP contribution in [0.4, 0.5) is 15.8 Å². The minimum absolute atomic E-state index is 0.0993. The van der Waals surface area contributed by atoms with Crippen LogP contribution in [-0.2, 0) is 9.53 Å². The number of ketones is 1. The van der Waals surface area contributed by atoms with Crippen LogP contribution in [0.5, 0.6) is 0 Å². The molecule has 0 N–H and O–H groups in total. The van der Waals surface area contributed by atoms with Crippen molar-refractivity contribution in [2.75, 3.05) is 25.6 Å². The van der Waals surface area contributed by atoms with E-state index in [0.29, 0.717) is 0 Å². The largest absolute Gasteiger partial charge is 0.463 e. The van der Waals surface area contributed by atoms with Crippen molar-refractivity contribution in [2.24, 2.45) is 0 Å². The number of halogens is 3. The predicted octanol–water partition coefficient (Wildman–Crippen LogP) is 3.41. The molecule has 0 fully saturated rings. The Hall–Kier alpha value is -2.19. The van der Waals surface area contributed by atoms with Crippen molar-refractivity contribution in [1.29, 1.82) is 0 Å². The number of nitro benzene ring substituents is 1. The third-order valence-electron chi connectivity index (χ3n) is 2.81. The molecule has 0 heterocycles. The van der Waals surface area contributed by atoms with Crippen LogP contribution in [0.25, 0.3) is 0 Å². The summed E-state index contributed by atoms with van der Waals surface area (Å²) in [5, 5.41) is 9.63. The maximum Gasteiger partial charge on any atom is 0.330 e. The summed E-state index contributed by atoms with van der Waals surface area (Å²) < 4.78 is 19.0. The Morgan fingerprint density at radius 3 is 2.33 bits per heavy atom. The molecular formula is C14H13Cl2FN2O5. The highest BCUT2D eigenvalue weighted by Gasteiger charge is 2.32. The zero-order valence-corrected chi connectivity index (χ0v) is 14.4. The predicted molar refractivity (Wildman–Crippen MR) is 87.5 cm³/mol. The minimum Gasteiger partial charge on any atom is -0.463 e.